The van der Waals surface area contributed by atoms with Gasteiger partial charge in [0.2, 0.25) is 0 Å². The van der Waals surface area contributed by atoms with Crippen LogP contribution < -0.4 is 11.1 Å². The van der Waals surface area contributed by atoms with E-state index < -0.39 is 0 Å². The Bertz CT molecular complexity index is 141. The molecule has 2 nitrogen and oxygen atoms in total. The predicted molar refractivity (Wildman–Crippen MR) is 57.7 cm³/mol. The Hall–Kier alpha value is -0.0800. The highest BCUT2D eigenvalue weighted by atomic mass is 14.9. The smallest absolute Gasteiger partial charge is 0.00684 e. The molecule has 0 bridgehead atoms. The van der Waals surface area contributed by atoms with E-state index in [4.69, 9.17) is 5.73 Å². The molecule has 1 saturated carbocycles. The molecule has 0 aliphatic heterocycles. The highest BCUT2D eigenvalue weighted by molar-refractivity contribution is 4.80. The third kappa shape index (κ3) is 4.63. The molecule has 1 rings (SSSR count). The topological polar surface area (TPSA) is 38.0 Å². The zero-order valence-corrected chi connectivity index (χ0v) is 9.27. The standard InChI is InChI=1S/C11H24N2/c1-11(2,3)8-13-10-6-4-9(12)5-7-10/h9-10,13H,4-8,12H2,1-3H3. The fourth-order valence-corrected chi connectivity index (χ4v) is 1.77. The summed E-state index contributed by atoms with van der Waals surface area (Å²) in [5.74, 6) is 0. The summed E-state index contributed by atoms with van der Waals surface area (Å²) >= 11 is 0. The van der Waals surface area contributed by atoms with Crippen LogP contribution in [-0.2, 0) is 0 Å². The van der Waals surface area contributed by atoms with Crippen molar-refractivity contribution in [2.24, 2.45) is 11.1 Å². The zero-order valence-electron chi connectivity index (χ0n) is 9.27. The fraction of sp³-hybridized carbons (Fsp3) is 1.00. The first-order valence-corrected chi connectivity index (χ1v) is 5.46. The summed E-state index contributed by atoms with van der Waals surface area (Å²) in [5.41, 5.74) is 6.25. The average Bonchev–Trinajstić information content (AvgIpc) is 2.02. The molecule has 0 amide bonds. The maximum absolute atomic E-state index is 5.85. The molecule has 1 fully saturated rings. The van der Waals surface area contributed by atoms with Gasteiger partial charge in [0.05, 0.1) is 0 Å². The van der Waals surface area contributed by atoms with Gasteiger partial charge < -0.3 is 11.1 Å². The molecule has 0 saturated heterocycles. The van der Waals surface area contributed by atoms with Gasteiger partial charge in [0.1, 0.15) is 0 Å². The van der Waals surface area contributed by atoms with Gasteiger partial charge >= 0.3 is 0 Å². The van der Waals surface area contributed by atoms with Crippen molar-refractivity contribution in [2.45, 2.75) is 58.5 Å². The predicted octanol–water partition coefficient (Wildman–Crippen LogP) is 1.89. The summed E-state index contributed by atoms with van der Waals surface area (Å²) in [7, 11) is 0. The highest BCUT2D eigenvalue weighted by Crippen LogP contribution is 2.18. The molecule has 1 aliphatic rings. The number of nitrogens with two attached hydrogens (primary N) is 1. The molecule has 0 heterocycles. The maximum atomic E-state index is 5.85. The van der Waals surface area contributed by atoms with Crippen molar-refractivity contribution >= 4 is 0 Å². The van der Waals surface area contributed by atoms with Crippen molar-refractivity contribution in [1.29, 1.82) is 0 Å². The first-order chi connectivity index (χ1) is 5.97. The van der Waals surface area contributed by atoms with Gasteiger partial charge in [-0.1, -0.05) is 20.8 Å². The van der Waals surface area contributed by atoms with Gasteiger partial charge in [0, 0.05) is 18.6 Å². The summed E-state index contributed by atoms with van der Waals surface area (Å²) in [6.07, 6.45) is 4.91. The van der Waals surface area contributed by atoms with Crippen LogP contribution in [0.3, 0.4) is 0 Å². The van der Waals surface area contributed by atoms with Crippen molar-refractivity contribution in [1.82, 2.24) is 5.32 Å². The molecule has 0 spiro atoms. The molecular formula is C11H24N2. The van der Waals surface area contributed by atoms with Crippen LogP contribution in [-0.4, -0.2) is 18.6 Å². The minimum absolute atomic E-state index is 0.402. The van der Waals surface area contributed by atoms with E-state index in [-0.39, 0.29) is 0 Å². The lowest BCUT2D eigenvalue weighted by Gasteiger charge is -2.29. The van der Waals surface area contributed by atoms with E-state index in [0.29, 0.717) is 11.5 Å². The van der Waals surface area contributed by atoms with Gasteiger partial charge in [0.25, 0.3) is 0 Å². The van der Waals surface area contributed by atoms with E-state index in [1.807, 2.05) is 0 Å². The number of hydrogen-bond donors (Lipinski definition) is 2. The van der Waals surface area contributed by atoms with Gasteiger partial charge in [0.15, 0.2) is 0 Å². The van der Waals surface area contributed by atoms with Crippen LogP contribution in [0.15, 0.2) is 0 Å². The summed E-state index contributed by atoms with van der Waals surface area (Å²) < 4.78 is 0. The summed E-state index contributed by atoms with van der Waals surface area (Å²) in [6, 6.07) is 1.19. The maximum Gasteiger partial charge on any atom is 0.00684 e. The van der Waals surface area contributed by atoms with E-state index in [9.17, 15) is 0 Å². The minimum Gasteiger partial charge on any atom is -0.328 e. The number of rotatable bonds is 2. The van der Waals surface area contributed by atoms with Gasteiger partial charge in [-0.15, -0.1) is 0 Å². The van der Waals surface area contributed by atoms with E-state index >= 15 is 0 Å². The Labute approximate surface area is 82.3 Å². The normalized spacial score (nSPS) is 30.5. The third-order valence-corrected chi connectivity index (χ3v) is 2.69. The van der Waals surface area contributed by atoms with Crippen molar-refractivity contribution in [2.75, 3.05) is 6.54 Å². The van der Waals surface area contributed by atoms with Gasteiger partial charge in [-0.3, -0.25) is 0 Å². The lowest BCUT2D eigenvalue weighted by molar-refractivity contribution is 0.294. The Kier molecular flexibility index (Phi) is 3.74. The van der Waals surface area contributed by atoms with E-state index in [0.717, 1.165) is 12.6 Å². The highest BCUT2D eigenvalue weighted by Gasteiger charge is 2.19. The van der Waals surface area contributed by atoms with Crippen LogP contribution in [0.25, 0.3) is 0 Å². The third-order valence-electron chi connectivity index (χ3n) is 2.69. The number of hydrogen-bond acceptors (Lipinski definition) is 2. The van der Waals surface area contributed by atoms with Crippen molar-refractivity contribution in [3.8, 4) is 0 Å². The van der Waals surface area contributed by atoms with Gasteiger partial charge in [-0.05, 0) is 31.1 Å². The lowest BCUT2D eigenvalue weighted by atomic mass is 9.90. The molecule has 0 aromatic heterocycles. The monoisotopic (exact) mass is 184 g/mol. The van der Waals surface area contributed by atoms with Gasteiger partial charge in [-0.25, -0.2) is 0 Å². The van der Waals surface area contributed by atoms with E-state index in [1.54, 1.807) is 0 Å². The number of nitrogens with one attached hydrogen (secondary N) is 1. The van der Waals surface area contributed by atoms with Crippen LogP contribution in [0.4, 0.5) is 0 Å². The van der Waals surface area contributed by atoms with E-state index in [1.165, 1.54) is 25.7 Å². The summed E-state index contributed by atoms with van der Waals surface area (Å²) in [4.78, 5) is 0. The minimum atomic E-state index is 0.402. The fourth-order valence-electron chi connectivity index (χ4n) is 1.77. The van der Waals surface area contributed by atoms with Crippen molar-refractivity contribution < 1.29 is 0 Å². The molecule has 13 heavy (non-hydrogen) atoms. The van der Waals surface area contributed by atoms with Crippen LogP contribution in [0.1, 0.15) is 46.5 Å². The molecule has 0 unspecified atom stereocenters. The van der Waals surface area contributed by atoms with Crippen LogP contribution in [0.5, 0.6) is 0 Å². The molecule has 0 aromatic rings. The quantitative estimate of drug-likeness (QED) is 0.688. The van der Waals surface area contributed by atoms with Gasteiger partial charge in [-0.2, -0.15) is 0 Å². The molecule has 78 valence electrons. The lowest BCUT2D eigenvalue weighted by Crippen LogP contribution is -2.40. The largest absolute Gasteiger partial charge is 0.328 e. The molecule has 0 atom stereocenters. The molecule has 1 aliphatic carbocycles. The molecule has 2 heteroatoms. The van der Waals surface area contributed by atoms with Crippen LogP contribution in [0.2, 0.25) is 0 Å². The van der Waals surface area contributed by atoms with Crippen LogP contribution in [0, 0.1) is 5.41 Å². The Morgan fingerprint density at radius 2 is 1.69 bits per heavy atom. The second-order valence-electron chi connectivity index (χ2n) is 5.55. The molecule has 0 aromatic carbocycles. The van der Waals surface area contributed by atoms with E-state index in [2.05, 4.69) is 26.1 Å². The SMILES string of the molecule is CC(C)(C)CNC1CCC(N)CC1. The summed E-state index contributed by atoms with van der Waals surface area (Å²) in [5, 5.41) is 3.63. The molecule has 3 N–H and O–H groups in total. The summed E-state index contributed by atoms with van der Waals surface area (Å²) in [6.45, 7) is 7.94. The first kappa shape index (κ1) is 11.0. The average molecular weight is 184 g/mol. The second kappa shape index (κ2) is 4.43. The Balaban J connectivity index is 2.16. The first-order valence-electron chi connectivity index (χ1n) is 5.46. The molecule has 0 radical (unpaired) electrons. The Morgan fingerprint density at radius 3 is 2.15 bits per heavy atom. The van der Waals surface area contributed by atoms with Crippen molar-refractivity contribution in [3.05, 3.63) is 0 Å². The second-order valence-corrected chi connectivity index (χ2v) is 5.55. The Morgan fingerprint density at radius 1 is 1.15 bits per heavy atom. The molecular weight excluding hydrogens is 160 g/mol. The van der Waals surface area contributed by atoms with Crippen LogP contribution >= 0.6 is 0 Å². The zero-order chi connectivity index (χ0) is 9.90. The van der Waals surface area contributed by atoms with Crippen molar-refractivity contribution in [3.63, 3.8) is 0 Å².